The normalized spacial score (nSPS) is 11.6. The van der Waals surface area contributed by atoms with Gasteiger partial charge in [-0.3, -0.25) is 0 Å². The summed E-state index contributed by atoms with van der Waals surface area (Å²) >= 11 is 0. The third-order valence-electron chi connectivity index (χ3n) is 2.57. The van der Waals surface area contributed by atoms with E-state index in [1.165, 1.54) is 0 Å². The number of hydrogen-bond donors (Lipinski definition) is 2. The van der Waals surface area contributed by atoms with E-state index in [9.17, 15) is 13.2 Å². The second kappa shape index (κ2) is 6.71. The maximum absolute atomic E-state index is 11.7. The summed E-state index contributed by atoms with van der Waals surface area (Å²) in [7, 11) is -3.26. The highest BCUT2D eigenvalue weighted by Gasteiger charge is 2.20. The van der Waals surface area contributed by atoms with E-state index in [0.717, 1.165) is 6.26 Å². The second-order valence-corrected chi connectivity index (χ2v) is 5.99. The topological polar surface area (TPSA) is 116 Å². The predicted octanol–water partition coefficient (Wildman–Crippen LogP) is -0.246. The lowest BCUT2D eigenvalue weighted by Crippen LogP contribution is -2.27. The van der Waals surface area contributed by atoms with Crippen molar-refractivity contribution in [3.05, 3.63) is 11.5 Å². The fourth-order valence-corrected chi connectivity index (χ4v) is 2.19. The molecule has 0 atom stereocenters. The van der Waals surface area contributed by atoms with Crippen LogP contribution in [-0.4, -0.2) is 43.3 Å². The first kappa shape index (κ1) is 16.4. The number of carbonyl (C=O) groups is 1. The third-order valence-corrected chi connectivity index (χ3v) is 3.30. The first-order chi connectivity index (χ1) is 9.30. The number of nitrogen functional groups attached to an aromatic ring is 1. The van der Waals surface area contributed by atoms with Crippen LogP contribution in [-0.2, 0) is 27.7 Å². The Bertz CT molecular complexity index is 579. The molecule has 0 unspecified atom stereocenters. The molecule has 0 spiro atoms. The minimum atomic E-state index is -3.26. The van der Waals surface area contributed by atoms with Crippen LogP contribution in [0.1, 0.15) is 30.2 Å². The maximum atomic E-state index is 11.7. The number of imidazole rings is 1. The van der Waals surface area contributed by atoms with E-state index in [2.05, 4.69) is 9.71 Å². The van der Waals surface area contributed by atoms with Crippen molar-refractivity contribution in [2.75, 3.05) is 25.1 Å². The van der Waals surface area contributed by atoms with Crippen LogP contribution >= 0.6 is 0 Å². The van der Waals surface area contributed by atoms with Crippen molar-refractivity contribution in [3.63, 3.8) is 0 Å². The minimum absolute atomic E-state index is 0.0723. The van der Waals surface area contributed by atoms with Gasteiger partial charge < -0.3 is 15.0 Å². The van der Waals surface area contributed by atoms with Gasteiger partial charge in [0.2, 0.25) is 10.0 Å². The Morgan fingerprint density at radius 2 is 2.10 bits per heavy atom. The Morgan fingerprint density at radius 3 is 2.60 bits per heavy atom. The van der Waals surface area contributed by atoms with E-state index in [0.29, 0.717) is 18.8 Å². The van der Waals surface area contributed by atoms with Gasteiger partial charge in [0.25, 0.3) is 0 Å². The number of anilines is 1. The highest BCUT2D eigenvalue weighted by Crippen LogP contribution is 2.16. The van der Waals surface area contributed by atoms with E-state index in [4.69, 9.17) is 10.5 Å². The Morgan fingerprint density at radius 1 is 1.45 bits per heavy atom. The van der Waals surface area contributed by atoms with E-state index >= 15 is 0 Å². The lowest BCUT2D eigenvalue weighted by molar-refractivity contribution is 0.0521. The molecule has 1 rings (SSSR count). The van der Waals surface area contributed by atoms with Gasteiger partial charge in [0.05, 0.1) is 12.9 Å². The molecule has 0 saturated heterocycles. The zero-order valence-corrected chi connectivity index (χ0v) is 12.7. The van der Waals surface area contributed by atoms with Crippen molar-refractivity contribution in [2.45, 2.75) is 26.8 Å². The molecule has 9 heteroatoms. The monoisotopic (exact) mass is 304 g/mol. The Labute approximate surface area is 118 Å². The van der Waals surface area contributed by atoms with Crippen LogP contribution in [0, 0.1) is 0 Å². The second-order valence-electron chi connectivity index (χ2n) is 4.15. The number of ether oxygens (including phenoxy) is 1. The Kier molecular flexibility index (Phi) is 5.52. The first-order valence-corrected chi connectivity index (χ1v) is 8.15. The van der Waals surface area contributed by atoms with Gasteiger partial charge in [0, 0.05) is 19.5 Å². The van der Waals surface area contributed by atoms with Crippen LogP contribution in [0.4, 0.5) is 5.82 Å². The summed E-state index contributed by atoms with van der Waals surface area (Å²) in [6.45, 7) is 4.28. The third kappa shape index (κ3) is 4.20. The highest BCUT2D eigenvalue weighted by molar-refractivity contribution is 7.88. The number of rotatable bonds is 7. The highest BCUT2D eigenvalue weighted by atomic mass is 32.2. The van der Waals surface area contributed by atoms with Crippen LogP contribution in [0.15, 0.2) is 0 Å². The van der Waals surface area contributed by atoms with Gasteiger partial charge in [-0.25, -0.2) is 22.9 Å². The van der Waals surface area contributed by atoms with Gasteiger partial charge >= 0.3 is 5.97 Å². The van der Waals surface area contributed by atoms with Crippen molar-refractivity contribution in [3.8, 4) is 0 Å². The standard InChI is InChI=1S/C11H20N4O4S/c1-4-8-14-9(11(16)19-5-2)10(12)15(8)7-6-13-20(3,17)18/h13H,4-7,12H2,1-3H3. The van der Waals surface area contributed by atoms with Crippen LogP contribution in [0.5, 0.6) is 0 Å². The summed E-state index contributed by atoms with van der Waals surface area (Å²) in [4.78, 5) is 15.8. The smallest absolute Gasteiger partial charge is 0.360 e. The number of sulfonamides is 1. The molecule has 0 bridgehead atoms. The van der Waals surface area contributed by atoms with Crippen LogP contribution in [0.3, 0.4) is 0 Å². The van der Waals surface area contributed by atoms with Gasteiger partial charge in [-0.2, -0.15) is 0 Å². The molecular weight excluding hydrogens is 284 g/mol. The van der Waals surface area contributed by atoms with E-state index < -0.39 is 16.0 Å². The first-order valence-electron chi connectivity index (χ1n) is 6.26. The van der Waals surface area contributed by atoms with E-state index in [1.54, 1.807) is 11.5 Å². The average Bonchev–Trinajstić information content (AvgIpc) is 2.65. The predicted molar refractivity (Wildman–Crippen MR) is 74.8 cm³/mol. The van der Waals surface area contributed by atoms with Crippen LogP contribution in [0.2, 0.25) is 0 Å². The molecule has 0 radical (unpaired) electrons. The zero-order chi connectivity index (χ0) is 15.3. The largest absolute Gasteiger partial charge is 0.461 e. The molecular formula is C11H20N4O4S. The number of nitrogens with zero attached hydrogens (tertiary/aromatic N) is 2. The molecule has 114 valence electrons. The molecule has 20 heavy (non-hydrogen) atoms. The molecule has 0 fully saturated rings. The number of carbonyl (C=O) groups excluding carboxylic acids is 1. The molecule has 0 aliphatic rings. The Hall–Kier alpha value is -1.61. The molecule has 0 amide bonds. The lowest BCUT2D eigenvalue weighted by atomic mass is 10.4. The zero-order valence-electron chi connectivity index (χ0n) is 11.8. The summed E-state index contributed by atoms with van der Waals surface area (Å²) in [5, 5.41) is 0. The van der Waals surface area contributed by atoms with Crippen LogP contribution in [0.25, 0.3) is 0 Å². The fourth-order valence-electron chi connectivity index (χ4n) is 1.73. The summed E-state index contributed by atoms with van der Waals surface area (Å²) in [6, 6.07) is 0. The number of aromatic nitrogens is 2. The fraction of sp³-hybridized carbons (Fsp3) is 0.636. The van der Waals surface area contributed by atoms with E-state index in [-0.39, 0.29) is 24.7 Å². The molecule has 3 N–H and O–H groups in total. The molecule has 0 aliphatic heterocycles. The SMILES string of the molecule is CCOC(=O)c1nc(CC)n(CCNS(C)(=O)=O)c1N. The van der Waals surface area contributed by atoms with Crippen molar-refractivity contribution >= 4 is 21.8 Å². The van der Waals surface area contributed by atoms with Gasteiger partial charge in [0.15, 0.2) is 5.69 Å². The van der Waals surface area contributed by atoms with Crippen molar-refractivity contribution in [1.29, 1.82) is 0 Å². The number of aryl methyl sites for hydroxylation is 1. The van der Waals surface area contributed by atoms with E-state index in [1.807, 2.05) is 6.92 Å². The quantitative estimate of drug-likeness (QED) is 0.671. The lowest BCUT2D eigenvalue weighted by Gasteiger charge is -2.09. The molecule has 1 heterocycles. The number of nitrogens with two attached hydrogens (primary N) is 1. The van der Waals surface area contributed by atoms with Gasteiger partial charge in [-0.15, -0.1) is 0 Å². The van der Waals surface area contributed by atoms with Crippen LogP contribution < -0.4 is 10.5 Å². The summed E-state index contributed by atoms with van der Waals surface area (Å²) in [5.74, 6) is 0.228. The van der Waals surface area contributed by atoms with Crippen molar-refractivity contribution in [1.82, 2.24) is 14.3 Å². The minimum Gasteiger partial charge on any atom is -0.461 e. The van der Waals surface area contributed by atoms with Gasteiger partial charge in [0.1, 0.15) is 11.6 Å². The summed E-state index contributed by atoms with van der Waals surface area (Å²) < 4.78 is 30.9. The number of nitrogens with one attached hydrogen (secondary N) is 1. The molecule has 0 aliphatic carbocycles. The summed E-state index contributed by atoms with van der Waals surface area (Å²) in [5.41, 5.74) is 5.96. The molecule has 0 aromatic carbocycles. The van der Waals surface area contributed by atoms with Crippen molar-refractivity contribution < 1.29 is 17.9 Å². The number of esters is 1. The van der Waals surface area contributed by atoms with Gasteiger partial charge in [-0.05, 0) is 6.92 Å². The average molecular weight is 304 g/mol. The molecule has 0 saturated carbocycles. The Balaban J connectivity index is 2.92. The number of hydrogen-bond acceptors (Lipinski definition) is 6. The molecule has 1 aromatic rings. The van der Waals surface area contributed by atoms with Gasteiger partial charge in [-0.1, -0.05) is 6.92 Å². The molecule has 1 aromatic heterocycles. The summed E-state index contributed by atoms with van der Waals surface area (Å²) in [6.07, 6.45) is 1.65. The maximum Gasteiger partial charge on any atom is 0.360 e. The molecule has 8 nitrogen and oxygen atoms in total. The van der Waals surface area contributed by atoms with Crippen molar-refractivity contribution in [2.24, 2.45) is 0 Å².